The topological polar surface area (TPSA) is 50.5 Å². The number of benzene rings is 3. The summed E-state index contributed by atoms with van der Waals surface area (Å²) in [5, 5.41) is 0.950. The third kappa shape index (κ3) is 3.21. The van der Waals surface area contributed by atoms with Crippen molar-refractivity contribution in [3.05, 3.63) is 115 Å². The van der Waals surface area contributed by atoms with Crippen LogP contribution in [0.3, 0.4) is 0 Å². The van der Waals surface area contributed by atoms with Crippen molar-refractivity contribution < 1.29 is 13.6 Å². The number of carbonyl (C=O) groups excluding carboxylic acids is 1. The quantitative estimate of drug-likeness (QED) is 0.390. The van der Waals surface area contributed by atoms with Crippen molar-refractivity contribution >= 4 is 28.5 Å². The zero-order valence-electron chi connectivity index (χ0n) is 17.5. The predicted molar refractivity (Wildman–Crippen MR) is 122 cm³/mol. The third-order valence-corrected chi connectivity index (χ3v) is 6.25. The van der Waals surface area contributed by atoms with Crippen molar-refractivity contribution in [3.8, 4) is 0 Å². The van der Waals surface area contributed by atoms with E-state index in [1.807, 2.05) is 38.1 Å². The van der Waals surface area contributed by atoms with Crippen molar-refractivity contribution in [3.63, 3.8) is 0 Å². The SMILES string of the molecule is Cc1cc(C)c2oc3c(c(=O)c2c1)C(c1ccc(F)cc1)N(Cc1ccccc1Cl)C3=O. The summed E-state index contributed by atoms with van der Waals surface area (Å²) in [6.45, 7) is 3.94. The van der Waals surface area contributed by atoms with Crippen LogP contribution in [0.5, 0.6) is 0 Å². The molecule has 2 heterocycles. The Hall–Kier alpha value is -3.44. The minimum absolute atomic E-state index is 0.0239. The molecule has 1 aromatic heterocycles. The average molecular weight is 448 g/mol. The molecule has 1 amide bonds. The number of carbonyl (C=O) groups is 1. The summed E-state index contributed by atoms with van der Waals surface area (Å²) in [6.07, 6.45) is 0. The molecule has 4 nitrogen and oxygen atoms in total. The highest BCUT2D eigenvalue weighted by Crippen LogP contribution is 2.40. The van der Waals surface area contributed by atoms with Crippen LogP contribution in [0.2, 0.25) is 5.02 Å². The fourth-order valence-corrected chi connectivity index (χ4v) is 4.63. The Morgan fingerprint density at radius 1 is 1.03 bits per heavy atom. The minimum atomic E-state index is -0.712. The number of nitrogens with zero attached hydrogens (tertiary/aromatic N) is 1. The summed E-state index contributed by atoms with van der Waals surface area (Å²) in [7, 11) is 0. The molecule has 5 rings (SSSR count). The highest BCUT2D eigenvalue weighted by molar-refractivity contribution is 6.31. The van der Waals surface area contributed by atoms with Crippen molar-refractivity contribution in [1.29, 1.82) is 0 Å². The van der Waals surface area contributed by atoms with Crippen LogP contribution in [0, 0.1) is 19.7 Å². The highest BCUT2D eigenvalue weighted by Gasteiger charge is 2.43. The molecule has 1 aliphatic rings. The molecule has 1 unspecified atom stereocenters. The van der Waals surface area contributed by atoms with Gasteiger partial charge in [0.25, 0.3) is 5.91 Å². The lowest BCUT2D eigenvalue weighted by molar-refractivity contribution is 0.0714. The van der Waals surface area contributed by atoms with Gasteiger partial charge in [-0.1, -0.05) is 48.0 Å². The molecule has 3 aromatic carbocycles. The molecule has 0 fully saturated rings. The standard InChI is InChI=1S/C26H19ClFNO3/c1-14-11-15(2)24-19(12-14)23(30)21-22(16-7-9-18(28)10-8-16)29(26(31)25(21)32-24)13-17-5-3-4-6-20(17)27/h3-12,22H,13H2,1-2H3. The molecule has 32 heavy (non-hydrogen) atoms. The van der Waals surface area contributed by atoms with Crippen LogP contribution in [0.15, 0.2) is 69.9 Å². The lowest BCUT2D eigenvalue weighted by Crippen LogP contribution is -2.29. The zero-order chi connectivity index (χ0) is 22.6. The fourth-order valence-electron chi connectivity index (χ4n) is 4.44. The number of rotatable bonds is 3. The predicted octanol–water partition coefficient (Wildman–Crippen LogP) is 5.95. The number of fused-ring (bicyclic) bond motifs is 2. The molecule has 1 atom stereocenters. The maximum atomic E-state index is 13.6. The summed E-state index contributed by atoms with van der Waals surface area (Å²) >= 11 is 6.36. The van der Waals surface area contributed by atoms with Crippen LogP contribution in [0.4, 0.5) is 4.39 Å². The molecule has 160 valence electrons. The molecule has 0 aliphatic carbocycles. The van der Waals surface area contributed by atoms with E-state index >= 15 is 0 Å². The van der Waals surface area contributed by atoms with Gasteiger partial charge in [-0.3, -0.25) is 9.59 Å². The molecule has 0 saturated carbocycles. The normalized spacial score (nSPS) is 15.4. The van der Waals surface area contributed by atoms with E-state index in [-0.39, 0.29) is 23.3 Å². The number of amides is 1. The third-order valence-electron chi connectivity index (χ3n) is 5.88. The van der Waals surface area contributed by atoms with Crippen LogP contribution in [0.1, 0.15) is 44.4 Å². The van der Waals surface area contributed by atoms with Gasteiger partial charge < -0.3 is 9.32 Å². The van der Waals surface area contributed by atoms with Crippen molar-refractivity contribution in [1.82, 2.24) is 4.90 Å². The van der Waals surface area contributed by atoms with Gasteiger partial charge in [-0.25, -0.2) is 4.39 Å². The van der Waals surface area contributed by atoms with Crippen LogP contribution in [0.25, 0.3) is 11.0 Å². The minimum Gasteiger partial charge on any atom is -0.450 e. The lowest BCUT2D eigenvalue weighted by atomic mass is 9.97. The van der Waals surface area contributed by atoms with E-state index in [0.717, 1.165) is 16.7 Å². The Balaban J connectivity index is 1.76. The number of aryl methyl sites for hydroxylation is 2. The number of halogens is 2. The molecular formula is C26H19ClFNO3. The number of hydrogen-bond acceptors (Lipinski definition) is 3. The van der Waals surface area contributed by atoms with E-state index in [4.69, 9.17) is 16.0 Å². The molecule has 6 heteroatoms. The summed E-state index contributed by atoms with van der Waals surface area (Å²) in [5.41, 5.74) is 3.51. The van der Waals surface area contributed by atoms with Gasteiger partial charge in [0.15, 0.2) is 5.43 Å². The van der Waals surface area contributed by atoms with Crippen molar-refractivity contribution in [2.75, 3.05) is 0 Å². The summed E-state index contributed by atoms with van der Waals surface area (Å²) < 4.78 is 19.7. The first kappa shape index (κ1) is 20.5. The molecular weight excluding hydrogens is 429 g/mol. The summed E-state index contributed by atoms with van der Waals surface area (Å²) in [6, 6.07) is 16.0. The largest absolute Gasteiger partial charge is 0.450 e. The van der Waals surface area contributed by atoms with Crippen LogP contribution < -0.4 is 5.43 Å². The van der Waals surface area contributed by atoms with Gasteiger partial charge in [0.05, 0.1) is 17.0 Å². The van der Waals surface area contributed by atoms with E-state index in [0.29, 0.717) is 21.6 Å². The Bertz CT molecular complexity index is 1440. The second kappa shape index (κ2) is 7.61. The average Bonchev–Trinajstić information content (AvgIpc) is 3.03. The summed E-state index contributed by atoms with van der Waals surface area (Å²) in [5.74, 6) is -0.767. The van der Waals surface area contributed by atoms with E-state index < -0.39 is 17.8 Å². The van der Waals surface area contributed by atoms with E-state index in [1.165, 1.54) is 12.1 Å². The molecule has 1 aliphatic heterocycles. The highest BCUT2D eigenvalue weighted by atomic mass is 35.5. The molecule has 0 spiro atoms. The Kier molecular flexibility index (Phi) is 4.86. The second-order valence-electron chi connectivity index (χ2n) is 8.11. The Morgan fingerprint density at radius 3 is 2.47 bits per heavy atom. The van der Waals surface area contributed by atoms with Gasteiger partial charge >= 0.3 is 0 Å². The maximum Gasteiger partial charge on any atom is 0.291 e. The van der Waals surface area contributed by atoms with Crippen LogP contribution in [-0.2, 0) is 6.54 Å². The molecule has 4 aromatic rings. The Morgan fingerprint density at radius 2 is 1.75 bits per heavy atom. The lowest BCUT2D eigenvalue weighted by Gasteiger charge is -2.25. The van der Waals surface area contributed by atoms with Gasteiger partial charge in [-0.2, -0.15) is 0 Å². The zero-order valence-corrected chi connectivity index (χ0v) is 18.2. The van der Waals surface area contributed by atoms with Crippen molar-refractivity contribution in [2.45, 2.75) is 26.4 Å². The smallest absolute Gasteiger partial charge is 0.291 e. The first-order valence-corrected chi connectivity index (χ1v) is 10.6. The van der Waals surface area contributed by atoms with E-state index in [1.54, 1.807) is 29.2 Å². The van der Waals surface area contributed by atoms with E-state index in [9.17, 15) is 14.0 Å². The van der Waals surface area contributed by atoms with Gasteiger partial charge in [-0.05, 0) is 60.4 Å². The van der Waals surface area contributed by atoms with Gasteiger partial charge in [0.1, 0.15) is 11.4 Å². The van der Waals surface area contributed by atoms with E-state index in [2.05, 4.69) is 0 Å². The van der Waals surface area contributed by atoms with Crippen LogP contribution >= 0.6 is 11.6 Å². The first-order valence-electron chi connectivity index (χ1n) is 10.2. The van der Waals surface area contributed by atoms with Crippen LogP contribution in [-0.4, -0.2) is 10.8 Å². The first-order chi connectivity index (χ1) is 15.3. The van der Waals surface area contributed by atoms with Crippen molar-refractivity contribution in [2.24, 2.45) is 0 Å². The molecule has 0 saturated heterocycles. The molecule has 0 radical (unpaired) electrons. The van der Waals surface area contributed by atoms with Gasteiger partial charge in [0.2, 0.25) is 5.76 Å². The number of hydrogen-bond donors (Lipinski definition) is 0. The molecule has 0 N–H and O–H groups in total. The van der Waals surface area contributed by atoms with Gasteiger partial charge in [0, 0.05) is 11.6 Å². The maximum absolute atomic E-state index is 13.6. The second-order valence-corrected chi connectivity index (χ2v) is 8.52. The summed E-state index contributed by atoms with van der Waals surface area (Å²) in [4.78, 5) is 28.7. The monoisotopic (exact) mass is 447 g/mol. The van der Waals surface area contributed by atoms with Gasteiger partial charge in [-0.15, -0.1) is 0 Å². The molecule has 0 bridgehead atoms. The fraction of sp³-hybridized carbons (Fsp3) is 0.154. The Labute approximate surface area is 188 Å².